The van der Waals surface area contributed by atoms with Crippen LogP contribution in [0.3, 0.4) is 0 Å². The number of rotatable bonds is 6. The van der Waals surface area contributed by atoms with Crippen molar-refractivity contribution in [3.8, 4) is 0 Å². The maximum absolute atomic E-state index is 14.2. The van der Waals surface area contributed by atoms with Gasteiger partial charge in [0.25, 0.3) is 0 Å². The summed E-state index contributed by atoms with van der Waals surface area (Å²) in [6.07, 6.45) is 2.25. The molecule has 7 heteroatoms. The molecule has 1 aliphatic rings. The van der Waals surface area contributed by atoms with Crippen molar-refractivity contribution in [1.82, 2.24) is 19.8 Å². The number of aromatic nitrogens is 2. The van der Waals surface area contributed by atoms with Gasteiger partial charge in [0.2, 0.25) is 5.91 Å². The third kappa shape index (κ3) is 4.80. The van der Waals surface area contributed by atoms with E-state index in [2.05, 4.69) is 27.1 Å². The molecule has 3 rings (SSSR count). The molecular formula is C20H26FN5O. The molecule has 0 radical (unpaired) electrons. The first-order chi connectivity index (χ1) is 13.1. The summed E-state index contributed by atoms with van der Waals surface area (Å²) < 4.78 is 14.2. The molecule has 6 nitrogen and oxygen atoms in total. The quantitative estimate of drug-likeness (QED) is 0.846. The van der Waals surface area contributed by atoms with E-state index in [4.69, 9.17) is 0 Å². The molecule has 144 valence electrons. The predicted molar refractivity (Wildman–Crippen MR) is 103 cm³/mol. The number of nitrogens with one attached hydrogen (secondary N) is 1. The van der Waals surface area contributed by atoms with Crippen LogP contribution in [0.4, 0.5) is 15.9 Å². The van der Waals surface area contributed by atoms with Gasteiger partial charge in [-0.15, -0.1) is 0 Å². The summed E-state index contributed by atoms with van der Waals surface area (Å²) in [7, 11) is 0. The summed E-state index contributed by atoms with van der Waals surface area (Å²) in [6, 6.07) is 7.46. The van der Waals surface area contributed by atoms with Gasteiger partial charge in [0, 0.05) is 31.9 Å². The largest absolute Gasteiger partial charge is 0.340 e. The highest BCUT2D eigenvalue weighted by Crippen LogP contribution is 2.20. The van der Waals surface area contributed by atoms with Crippen LogP contribution in [0.5, 0.6) is 0 Å². The number of hydrogen-bond donors (Lipinski definition) is 1. The van der Waals surface area contributed by atoms with E-state index in [0.717, 1.165) is 44.0 Å². The summed E-state index contributed by atoms with van der Waals surface area (Å²) in [5.41, 5.74) is 2.06. The van der Waals surface area contributed by atoms with Crippen molar-refractivity contribution in [2.45, 2.75) is 26.7 Å². The maximum atomic E-state index is 14.2. The summed E-state index contributed by atoms with van der Waals surface area (Å²) in [6.45, 7) is 8.48. The van der Waals surface area contributed by atoms with Crippen LogP contribution in [0.1, 0.15) is 25.1 Å². The molecule has 0 unspecified atom stereocenters. The van der Waals surface area contributed by atoms with E-state index in [9.17, 15) is 9.18 Å². The Hall–Kier alpha value is -2.54. The van der Waals surface area contributed by atoms with Crippen LogP contribution in [0.25, 0.3) is 0 Å². The fraction of sp³-hybridized carbons (Fsp3) is 0.450. The minimum atomic E-state index is -0.425. The van der Waals surface area contributed by atoms with E-state index in [-0.39, 0.29) is 11.7 Å². The van der Waals surface area contributed by atoms with Crippen molar-refractivity contribution in [2.75, 3.05) is 38.0 Å². The molecule has 1 aliphatic heterocycles. The van der Waals surface area contributed by atoms with Gasteiger partial charge in [0.05, 0.1) is 12.1 Å². The zero-order chi connectivity index (χ0) is 19.2. The fourth-order valence-corrected chi connectivity index (χ4v) is 3.18. The highest BCUT2D eigenvalue weighted by Gasteiger charge is 2.20. The number of piperazine rings is 1. The van der Waals surface area contributed by atoms with E-state index in [1.165, 1.54) is 6.33 Å². The summed E-state index contributed by atoms with van der Waals surface area (Å²) in [5.74, 6) is -0.106. The Labute approximate surface area is 159 Å². The molecular weight excluding hydrogens is 345 g/mol. The molecule has 0 saturated carbocycles. The molecule has 2 aromatic rings. The number of nitrogens with zero attached hydrogens (tertiary/aromatic N) is 4. The number of amides is 1. The van der Waals surface area contributed by atoms with E-state index in [1.54, 1.807) is 0 Å². The Balaban J connectivity index is 1.58. The van der Waals surface area contributed by atoms with Crippen LogP contribution in [-0.2, 0) is 17.6 Å². The summed E-state index contributed by atoms with van der Waals surface area (Å²) in [5, 5.41) is 2.98. The topological polar surface area (TPSA) is 61.4 Å². The number of carbonyl (C=O) groups excluding carboxylic acids is 1. The van der Waals surface area contributed by atoms with Gasteiger partial charge in [-0.3, -0.25) is 4.79 Å². The SMILES string of the molecule is CCc1ncnc(Nc2ccc(CC(=O)N3CCN(CC)CC3)cc2)c1F. The first kappa shape index (κ1) is 19.2. The number of aryl methyl sites for hydroxylation is 1. The average molecular weight is 371 g/mol. The molecule has 27 heavy (non-hydrogen) atoms. The van der Waals surface area contributed by atoms with Crippen LogP contribution in [-0.4, -0.2) is 58.4 Å². The van der Waals surface area contributed by atoms with Crippen LogP contribution in [0, 0.1) is 5.82 Å². The van der Waals surface area contributed by atoms with Crippen molar-refractivity contribution in [1.29, 1.82) is 0 Å². The lowest BCUT2D eigenvalue weighted by Crippen LogP contribution is -2.48. The molecule has 0 bridgehead atoms. The van der Waals surface area contributed by atoms with Crippen molar-refractivity contribution in [2.24, 2.45) is 0 Å². The molecule has 1 fully saturated rings. The number of benzene rings is 1. The molecule has 0 atom stereocenters. The zero-order valence-electron chi connectivity index (χ0n) is 15.9. The van der Waals surface area contributed by atoms with Crippen molar-refractivity contribution >= 4 is 17.4 Å². The Morgan fingerprint density at radius 1 is 1.11 bits per heavy atom. The second-order valence-electron chi connectivity index (χ2n) is 6.65. The van der Waals surface area contributed by atoms with E-state index in [0.29, 0.717) is 18.5 Å². The highest BCUT2D eigenvalue weighted by atomic mass is 19.1. The summed E-state index contributed by atoms with van der Waals surface area (Å²) in [4.78, 5) is 24.7. The number of halogens is 1. The Kier molecular flexibility index (Phi) is 6.34. The molecule has 1 N–H and O–H groups in total. The first-order valence-electron chi connectivity index (χ1n) is 9.46. The second kappa shape index (κ2) is 8.90. The lowest BCUT2D eigenvalue weighted by Gasteiger charge is -2.34. The van der Waals surface area contributed by atoms with E-state index < -0.39 is 5.82 Å². The van der Waals surface area contributed by atoms with Gasteiger partial charge in [0.1, 0.15) is 6.33 Å². The van der Waals surface area contributed by atoms with E-state index >= 15 is 0 Å². The Morgan fingerprint density at radius 2 is 1.81 bits per heavy atom. The van der Waals surface area contributed by atoms with Crippen molar-refractivity contribution < 1.29 is 9.18 Å². The fourth-order valence-electron chi connectivity index (χ4n) is 3.18. The number of anilines is 2. The number of hydrogen-bond acceptors (Lipinski definition) is 5. The minimum Gasteiger partial charge on any atom is -0.340 e. The van der Waals surface area contributed by atoms with Crippen LogP contribution in [0.15, 0.2) is 30.6 Å². The standard InChI is InChI=1S/C20H26FN5O/c1-3-17-19(21)20(23-14-22-17)24-16-7-5-15(6-8-16)13-18(27)26-11-9-25(4-2)10-12-26/h5-8,14H,3-4,9-13H2,1-2H3,(H,22,23,24). The van der Waals surface area contributed by atoms with Crippen molar-refractivity contribution in [3.63, 3.8) is 0 Å². The lowest BCUT2D eigenvalue weighted by molar-refractivity contribution is -0.132. The Morgan fingerprint density at radius 3 is 2.44 bits per heavy atom. The van der Waals surface area contributed by atoms with Gasteiger partial charge in [-0.1, -0.05) is 26.0 Å². The molecule has 1 saturated heterocycles. The molecule has 2 heterocycles. The average Bonchev–Trinajstić information content (AvgIpc) is 2.71. The van der Waals surface area contributed by atoms with Gasteiger partial charge in [0.15, 0.2) is 11.6 Å². The number of carbonyl (C=O) groups is 1. The van der Waals surface area contributed by atoms with Gasteiger partial charge in [-0.2, -0.15) is 0 Å². The molecule has 1 aromatic heterocycles. The third-order valence-corrected chi connectivity index (χ3v) is 4.94. The Bertz CT molecular complexity index is 772. The van der Waals surface area contributed by atoms with Gasteiger partial charge in [-0.05, 0) is 30.7 Å². The van der Waals surface area contributed by atoms with Crippen LogP contribution >= 0.6 is 0 Å². The second-order valence-corrected chi connectivity index (χ2v) is 6.65. The lowest BCUT2D eigenvalue weighted by atomic mass is 10.1. The summed E-state index contributed by atoms with van der Waals surface area (Å²) >= 11 is 0. The molecule has 1 aromatic carbocycles. The monoisotopic (exact) mass is 371 g/mol. The smallest absolute Gasteiger partial charge is 0.227 e. The molecule has 0 aliphatic carbocycles. The van der Waals surface area contributed by atoms with Crippen LogP contribution < -0.4 is 5.32 Å². The predicted octanol–water partition coefficient (Wildman–Crippen LogP) is 2.63. The van der Waals surface area contributed by atoms with Gasteiger partial charge >= 0.3 is 0 Å². The molecule has 0 spiro atoms. The first-order valence-corrected chi connectivity index (χ1v) is 9.46. The van der Waals surface area contributed by atoms with Gasteiger partial charge in [-0.25, -0.2) is 14.4 Å². The number of likely N-dealkylation sites (N-methyl/N-ethyl adjacent to an activating group) is 1. The van der Waals surface area contributed by atoms with Crippen molar-refractivity contribution in [3.05, 3.63) is 47.7 Å². The maximum Gasteiger partial charge on any atom is 0.227 e. The zero-order valence-corrected chi connectivity index (χ0v) is 15.9. The minimum absolute atomic E-state index is 0.154. The van der Waals surface area contributed by atoms with Gasteiger partial charge < -0.3 is 15.1 Å². The normalized spacial score (nSPS) is 15.0. The third-order valence-electron chi connectivity index (χ3n) is 4.94. The highest BCUT2D eigenvalue weighted by molar-refractivity contribution is 5.79. The van der Waals surface area contributed by atoms with E-state index in [1.807, 2.05) is 36.1 Å². The van der Waals surface area contributed by atoms with Crippen LogP contribution in [0.2, 0.25) is 0 Å². The molecule has 1 amide bonds.